The minimum atomic E-state index is 0. The van der Waals surface area contributed by atoms with E-state index >= 15 is 0 Å². The maximum absolute atomic E-state index is 0. The van der Waals surface area contributed by atoms with Crippen molar-refractivity contribution in [1.82, 2.24) is 0 Å². The van der Waals surface area contributed by atoms with Gasteiger partial charge >= 0.3 is 0 Å². The first kappa shape index (κ1) is 439. The SMILES string of the molecule is O.O.O.O.O.O.[Cr].[V].[V]. The molecule has 0 bridgehead atoms. The van der Waals surface area contributed by atoms with Gasteiger partial charge in [0.2, 0.25) is 0 Å². The predicted octanol–water partition coefficient (Wildman–Crippen LogP) is -4.96. The van der Waals surface area contributed by atoms with Crippen molar-refractivity contribution < 1.29 is 87.3 Å². The molecule has 0 saturated carbocycles. The smallest absolute Gasteiger partial charge is 0 e. The maximum atomic E-state index is 0. The Hall–Kier alpha value is 1.46. The van der Waals surface area contributed by atoms with Gasteiger partial charge in [0.05, 0.1) is 0 Å². The molecule has 6 nitrogen and oxygen atoms in total. The molecule has 0 unspecified atom stereocenters. The molecule has 9 heavy (non-hydrogen) atoms. The van der Waals surface area contributed by atoms with E-state index in [4.69, 9.17) is 0 Å². The molecule has 0 aromatic rings. The third-order valence-electron chi connectivity index (χ3n) is 0. The molecule has 0 spiro atoms. The van der Waals surface area contributed by atoms with E-state index in [0.29, 0.717) is 0 Å². The van der Waals surface area contributed by atoms with Crippen LogP contribution in [0, 0.1) is 0 Å². The molecule has 0 aromatic heterocycles. The molecule has 2 radical (unpaired) electrons. The second-order valence-corrected chi connectivity index (χ2v) is 0. The van der Waals surface area contributed by atoms with Crippen LogP contribution in [-0.2, 0) is 54.5 Å². The van der Waals surface area contributed by atoms with Crippen molar-refractivity contribution in [2.24, 2.45) is 0 Å². The van der Waals surface area contributed by atoms with Gasteiger partial charge in [0, 0.05) is 54.5 Å². The Kier molecular flexibility index (Phi) is 15500. The topological polar surface area (TPSA) is 189 Å². The molecule has 0 atom stereocenters. The van der Waals surface area contributed by atoms with Crippen molar-refractivity contribution in [3.8, 4) is 0 Å². The molecule has 9 heteroatoms. The van der Waals surface area contributed by atoms with Crippen molar-refractivity contribution in [1.29, 1.82) is 0 Å². The first-order chi connectivity index (χ1) is 0. The average molecular weight is 262 g/mol. The molecule has 0 aliphatic heterocycles. The zero-order valence-corrected chi connectivity index (χ0v) is 8.37. The fourth-order valence-corrected chi connectivity index (χ4v) is 0. The summed E-state index contributed by atoms with van der Waals surface area (Å²) in [5, 5.41) is 0. The molecule has 0 aromatic carbocycles. The van der Waals surface area contributed by atoms with E-state index in [1.807, 2.05) is 0 Å². The summed E-state index contributed by atoms with van der Waals surface area (Å²) in [5.41, 5.74) is 0. The number of hydrogen-bond acceptors (Lipinski definition) is 0. The van der Waals surface area contributed by atoms with E-state index in [9.17, 15) is 0 Å². The third-order valence-corrected chi connectivity index (χ3v) is 0. The predicted molar refractivity (Wildman–Crippen MR) is 21.7 cm³/mol. The summed E-state index contributed by atoms with van der Waals surface area (Å²) in [4.78, 5) is 0. The molecule has 0 fully saturated rings. The minimum Gasteiger partial charge on any atom is -0.412 e. The number of rotatable bonds is 0. The second kappa shape index (κ2) is 317. The van der Waals surface area contributed by atoms with Gasteiger partial charge in [-0.15, -0.1) is 0 Å². The Bertz CT molecular complexity index is 11.0. The van der Waals surface area contributed by atoms with Gasteiger partial charge in [-0.05, 0) is 0 Å². The summed E-state index contributed by atoms with van der Waals surface area (Å²) in [7, 11) is 0. The van der Waals surface area contributed by atoms with E-state index in [1.54, 1.807) is 0 Å². The summed E-state index contributed by atoms with van der Waals surface area (Å²) in [6, 6.07) is 0. The van der Waals surface area contributed by atoms with Crippen LogP contribution in [0.3, 0.4) is 0 Å². The van der Waals surface area contributed by atoms with Crippen LogP contribution in [0.25, 0.3) is 0 Å². The van der Waals surface area contributed by atoms with Crippen LogP contribution in [-0.4, -0.2) is 32.9 Å². The Morgan fingerprint density at radius 3 is 0.333 bits per heavy atom. The van der Waals surface area contributed by atoms with Gasteiger partial charge in [-0.3, -0.25) is 0 Å². The number of hydrogen-bond donors (Lipinski definition) is 0. The normalized spacial score (nSPS) is 0. The first-order valence-electron chi connectivity index (χ1n) is 0. The van der Waals surface area contributed by atoms with Gasteiger partial charge in [-0.25, -0.2) is 0 Å². The molecule has 0 heterocycles. The Morgan fingerprint density at radius 2 is 0.333 bits per heavy atom. The van der Waals surface area contributed by atoms with Crippen LogP contribution >= 0.6 is 0 Å². The van der Waals surface area contributed by atoms with Gasteiger partial charge in [0.15, 0.2) is 0 Å². The van der Waals surface area contributed by atoms with Crippen molar-refractivity contribution in [2.45, 2.75) is 0 Å². The van der Waals surface area contributed by atoms with E-state index in [0.717, 1.165) is 0 Å². The van der Waals surface area contributed by atoms with E-state index in [1.165, 1.54) is 0 Å². The van der Waals surface area contributed by atoms with E-state index in [-0.39, 0.29) is 87.3 Å². The fourth-order valence-electron chi connectivity index (χ4n) is 0. The minimum absolute atomic E-state index is 0. The van der Waals surface area contributed by atoms with Crippen molar-refractivity contribution >= 4 is 0 Å². The average Bonchev–Trinajstić information content (AvgIpc) is 0. The van der Waals surface area contributed by atoms with Gasteiger partial charge in [-0.1, -0.05) is 0 Å². The maximum Gasteiger partial charge on any atom is 0 e. The van der Waals surface area contributed by atoms with Crippen LogP contribution < -0.4 is 0 Å². The van der Waals surface area contributed by atoms with E-state index < -0.39 is 0 Å². The molecule has 0 amide bonds. The summed E-state index contributed by atoms with van der Waals surface area (Å²) in [6.07, 6.45) is 0. The monoisotopic (exact) mass is 262 g/mol. The Labute approximate surface area is 87.1 Å². The summed E-state index contributed by atoms with van der Waals surface area (Å²) in [5.74, 6) is 0. The van der Waals surface area contributed by atoms with Crippen LogP contribution in [0.5, 0.6) is 0 Å². The van der Waals surface area contributed by atoms with Crippen LogP contribution in [0.2, 0.25) is 0 Å². The first-order valence-corrected chi connectivity index (χ1v) is 0. The second-order valence-electron chi connectivity index (χ2n) is 0. The van der Waals surface area contributed by atoms with Gasteiger partial charge in [0.25, 0.3) is 0 Å². The van der Waals surface area contributed by atoms with Crippen LogP contribution in [0.1, 0.15) is 0 Å². The zero-order chi connectivity index (χ0) is 0. The molecule has 0 aliphatic carbocycles. The van der Waals surface area contributed by atoms with Crippen LogP contribution in [0.4, 0.5) is 0 Å². The standard InChI is InChI=1S/Cr.6H2O.2V/h;6*1H2;;. The summed E-state index contributed by atoms with van der Waals surface area (Å²) in [6.45, 7) is 0. The third kappa shape index (κ3) is 247. The molecular weight excluding hydrogens is 250 g/mol. The summed E-state index contributed by atoms with van der Waals surface area (Å²) < 4.78 is 0. The molecule has 12 N–H and O–H groups in total. The molecule has 0 rings (SSSR count). The molecule has 64 valence electrons. The van der Waals surface area contributed by atoms with Crippen molar-refractivity contribution in [2.75, 3.05) is 0 Å². The van der Waals surface area contributed by atoms with E-state index in [2.05, 4.69) is 0 Å². The Balaban J connectivity index is 0. The molecule has 0 saturated heterocycles. The molecule has 0 aliphatic rings. The quantitative estimate of drug-likeness (QED) is 0.404. The fraction of sp³-hybridized carbons (Fsp3) is 0. The van der Waals surface area contributed by atoms with Gasteiger partial charge < -0.3 is 32.9 Å². The van der Waals surface area contributed by atoms with Gasteiger partial charge in [0.1, 0.15) is 0 Å². The zero-order valence-electron chi connectivity index (χ0n) is 4.30. The largest absolute Gasteiger partial charge is 0.412 e. The van der Waals surface area contributed by atoms with Gasteiger partial charge in [-0.2, -0.15) is 0 Å². The summed E-state index contributed by atoms with van der Waals surface area (Å²) >= 11 is 0. The molecular formula is H12CrO6V2. The van der Waals surface area contributed by atoms with Crippen LogP contribution in [0.15, 0.2) is 0 Å². The van der Waals surface area contributed by atoms with Crippen molar-refractivity contribution in [3.05, 3.63) is 0 Å². The van der Waals surface area contributed by atoms with Crippen molar-refractivity contribution in [3.63, 3.8) is 0 Å². The Morgan fingerprint density at radius 1 is 0.333 bits per heavy atom.